The molecule has 1 saturated carbocycles. The maximum atomic E-state index is 13.0. The number of benzene rings is 1. The topological polar surface area (TPSA) is 58.6 Å². The summed E-state index contributed by atoms with van der Waals surface area (Å²) in [4.78, 5) is 27.5. The molecule has 1 atom stereocenters. The number of nitrogens with one attached hydrogen (secondary N) is 1. The van der Waals surface area contributed by atoms with Gasteiger partial charge in [-0.15, -0.1) is 0 Å². The van der Waals surface area contributed by atoms with E-state index in [4.69, 9.17) is 4.74 Å². The fourth-order valence-electron chi connectivity index (χ4n) is 3.91. The van der Waals surface area contributed by atoms with Gasteiger partial charge in [-0.05, 0) is 44.7 Å². The van der Waals surface area contributed by atoms with Gasteiger partial charge in [-0.2, -0.15) is 0 Å². The van der Waals surface area contributed by atoms with Crippen LogP contribution >= 0.6 is 0 Å². The number of nitrogens with zero attached hydrogens (tertiary/aromatic N) is 1. The molecule has 2 aliphatic rings. The summed E-state index contributed by atoms with van der Waals surface area (Å²) in [6.07, 6.45) is 7.33. The maximum absolute atomic E-state index is 13.0. The minimum atomic E-state index is -0.357. The van der Waals surface area contributed by atoms with Crippen LogP contribution in [-0.4, -0.2) is 41.9 Å². The Morgan fingerprint density at radius 2 is 1.88 bits per heavy atom. The number of rotatable bonds is 5. The normalized spacial score (nSPS) is 21.2. The molecule has 2 fully saturated rings. The highest BCUT2D eigenvalue weighted by Gasteiger charge is 2.36. The van der Waals surface area contributed by atoms with Crippen LogP contribution in [0.25, 0.3) is 0 Å². The molecule has 1 aromatic rings. The highest BCUT2D eigenvalue weighted by Crippen LogP contribution is 2.26. The predicted octanol–water partition coefficient (Wildman–Crippen LogP) is 3.14. The van der Waals surface area contributed by atoms with Gasteiger partial charge in [0.15, 0.2) is 0 Å². The zero-order valence-electron chi connectivity index (χ0n) is 15.0. The van der Waals surface area contributed by atoms with Crippen LogP contribution in [0.15, 0.2) is 24.3 Å². The first kappa shape index (κ1) is 17.8. The Labute approximate surface area is 149 Å². The predicted molar refractivity (Wildman–Crippen MR) is 96.7 cm³/mol. The van der Waals surface area contributed by atoms with Gasteiger partial charge in [-0.1, -0.05) is 31.4 Å². The average molecular weight is 344 g/mol. The van der Waals surface area contributed by atoms with E-state index < -0.39 is 0 Å². The lowest BCUT2D eigenvalue weighted by molar-refractivity contribution is -0.125. The molecule has 136 valence electrons. The van der Waals surface area contributed by atoms with Crippen molar-refractivity contribution in [3.05, 3.63) is 29.8 Å². The van der Waals surface area contributed by atoms with Crippen molar-refractivity contribution in [1.82, 2.24) is 10.2 Å². The van der Waals surface area contributed by atoms with Crippen molar-refractivity contribution in [2.75, 3.05) is 13.2 Å². The molecule has 3 rings (SSSR count). The van der Waals surface area contributed by atoms with Crippen LogP contribution in [-0.2, 0) is 4.79 Å². The van der Waals surface area contributed by atoms with Gasteiger partial charge in [-0.25, -0.2) is 0 Å². The molecule has 1 aliphatic carbocycles. The number of carbonyl (C=O) groups excluding carboxylic acids is 2. The molecule has 1 N–H and O–H groups in total. The number of para-hydroxylation sites is 1. The Morgan fingerprint density at radius 3 is 2.64 bits per heavy atom. The van der Waals surface area contributed by atoms with Crippen LogP contribution in [0.4, 0.5) is 0 Å². The molecule has 0 spiro atoms. The second-order valence-corrected chi connectivity index (χ2v) is 6.93. The first-order valence-corrected chi connectivity index (χ1v) is 9.54. The number of ether oxygens (including phenoxy) is 1. The zero-order valence-corrected chi connectivity index (χ0v) is 15.0. The minimum absolute atomic E-state index is 0.00615. The Balaban J connectivity index is 1.70. The van der Waals surface area contributed by atoms with E-state index in [1.807, 2.05) is 25.1 Å². The molecule has 0 radical (unpaired) electrons. The summed E-state index contributed by atoms with van der Waals surface area (Å²) in [5.74, 6) is 0.491. The van der Waals surface area contributed by atoms with E-state index in [9.17, 15) is 9.59 Å². The highest BCUT2D eigenvalue weighted by atomic mass is 16.5. The smallest absolute Gasteiger partial charge is 0.258 e. The molecule has 25 heavy (non-hydrogen) atoms. The van der Waals surface area contributed by atoms with Crippen LogP contribution in [0.3, 0.4) is 0 Å². The second kappa shape index (κ2) is 8.37. The molecular weight excluding hydrogens is 316 g/mol. The highest BCUT2D eigenvalue weighted by molar-refractivity contribution is 6.00. The van der Waals surface area contributed by atoms with E-state index in [2.05, 4.69) is 5.32 Å². The van der Waals surface area contributed by atoms with Crippen molar-refractivity contribution in [2.45, 2.75) is 64.0 Å². The third kappa shape index (κ3) is 4.14. The van der Waals surface area contributed by atoms with Crippen molar-refractivity contribution < 1.29 is 14.3 Å². The summed E-state index contributed by atoms with van der Waals surface area (Å²) in [6, 6.07) is 7.20. The van der Waals surface area contributed by atoms with Gasteiger partial charge in [0.25, 0.3) is 5.91 Å². The van der Waals surface area contributed by atoms with Gasteiger partial charge >= 0.3 is 0 Å². The fourth-order valence-corrected chi connectivity index (χ4v) is 3.91. The molecule has 1 heterocycles. The van der Waals surface area contributed by atoms with Crippen LogP contribution < -0.4 is 10.1 Å². The Bertz CT molecular complexity index is 611. The van der Waals surface area contributed by atoms with Crippen molar-refractivity contribution >= 4 is 11.8 Å². The largest absolute Gasteiger partial charge is 0.493 e. The molecule has 1 aliphatic heterocycles. The van der Waals surface area contributed by atoms with Crippen LogP contribution in [0.5, 0.6) is 5.75 Å². The summed E-state index contributed by atoms with van der Waals surface area (Å²) in [6.45, 7) is 3.04. The lowest BCUT2D eigenvalue weighted by Crippen LogP contribution is -2.49. The van der Waals surface area contributed by atoms with Gasteiger partial charge in [0.1, 0.15) is 11.8 Å². The first-order chi connectivity index (χ1) is 12.2. The first-order valence-electron chi connectivity index (χ1n) is 9.54. The third-order valence-corrected chi connectivity index (χ3v) is 5.19. The van der Waals surface area contributed by atoms with Crippen molar-refractivity contribution in [2.24, 2.45) is 0 Å². The van der Waals surface area contributed by atoms with Gasteiger partial charge in [0.05, 0.1) is 12.2 Å². The lowest BCUT2D eigenvalue weighted by Gasteiger charge is -2.28. The molecule has 5 heteroatoms. The van der Waals surface area contributed by atoms with Gasteiger partial charge in [0.2, 0.25) is 5.91 Å². The fraction of sp³-hybridized carbons (Fsp3) is 0.600. The Kier molecular flexibility index (Phi) is 5.95. The second-order valence-electron chi connectivity index (χ2n) is 6.93. The van der Waals surface area contributed by atoms with Gasteiger partial charge < -0.3 is 15.0 Å². The molecule has 0 bridgehead atoms. The molecule has 1 saturated heterocycles. The number of hydrogen-bond acceptors (Lipinski definition) is 3. The molecule has 1 aromatic carbocycles. The number of amides is 2. The van der Waals surface area contributed by atoms with Gasteiger partial charge in [0, 0.05) is 12.6 Å². The summed E-state index contributed by atoms with van der Waals surface area (Å²) < 4.78 is 5.59. The average Bonchev–Trinajstić information content (AvgIpc) is 3.13. The third-order valence-electron chi connectivity index (χ3n) is 5.19. The summed E-state index contributed by atoms with van der Waals surface area (Å²) in [5, 5.41) is 3.17. The van der Waals surface area contributed by atoms with Crippen LogP contribution in [0.1, 0.15) is 62.2 Å². The van der Waals surface area contributed by atoms with Crippen molar-refractivity contribution in [1.29, 1.82) is 0 Å². The molecule has 1 unspecified atom stereocenters. The summed E-state index contributed by atoms with van der Waals surface area (Å²) in [5.41, 5.74) is 0.543. The monoisotopic (exact) mass is 344 g/mol. The van der Waals surface area contributed by atoms with E-state index in [1.165, 1.54) is 19.3 Å². The minimum Gasteiger partial charge on any atom is -0.493 e. The number of hydrogen-bond donors (Lipinski definition) is 1. The van der Waals surface area contributed by atoms with E-state index in [-0.39, 0.29) is 23.9 Å². The van der Waals surface area contributed by atoms with E-state index in [1.54, 1.807) is 11.0 Å². The zero-order chi connectivity index (χ0) is 17.6. The molecular formula is C20H28N2O3. The van der Waals surface area contributed by atoms with E-state index in [0.717, 1.165) is 25.7 Å². The van der Waals surface area contributed by atoms with Gasteiger partial charge in [-0.3, -0.25) is 9.59 Å². The van der Waals surface area contributed by atoms with Crippen molar-refractivity contribution in [3.8, 4) is 5.75 Å². The van der Waals surface area contributed by atoms with Crippen LogP contribution in [0.2, 0.25) is 0 Å². The number of likely N-dealkylation sites (tertiary alicyclic amines) is 1. The quantitative estimate of drug-likeness (QED) is 0.893. The Hall–Kier alpha value is -2.04. The lowest BCUT2D eigenvalue weighted by atomic mass is 9.95. The summed E-state index contributed by atoms with van der Waals surface area (Å²) >= 11 is 0. The summed E-state index contributed by atoms with van der Waals surface area (Å²) in [7, 11) is 0. The van der Waals surface area contributed by atoms with E-state index in [0.29, 0.717) is 24.5 Å². The molecule has 5 nitrogen and oxygen atoms in total. The van der Waals surface area contributed by atoms with Crippen molar-refractivity contribution in [3.63, 3.8) is 0 Å². The number of carbonyl (C=O) groups is 2. The molecule has 2 amide bonds. The standard InChI is InChI=1S/C20H28N2O3/c1-2-25-18-13-7-6-11-16(18)20(24)22-14-8-12-17(22)19(23)21-15-9-4-3-5-10-15/h6-7,11,13,15,17H,2-5,8-10,12,14H2,1H3,(H,21,23). The van der Waals surface area contributed by atoms with Crippen LogP contribution in [0, 0.1) is 0 Å². The SMILES string of the molecule is CCOc1ccccc1C(=O)N1CCCC1C(=O)NC1CCCCC1. The maximum Gasteiger partial charge on any atom is 0.258 e. The van der Waals surface area contributed by atoms with E-state index >= 15 is 0 Å². The molecule has 0 aromatic heterocycles. The Morgan fingerprint density at radius 1 is 1.12 bits per heavy atom.